The number of aryl methyl sites for hydroxylation is 2. The summed E-state index contributed by atoms with van der Waals surface area (Å²) in [6.45, 7) is 3.14. The molecule has 0 bridgehead atoms. The molecule has 0 spiro atoms. The minimum Gasteiger partial charge on any atom is -0.396 e. The fourth-order valence-electron chi connectivity index (χ4n) is 3.66. The van der Waals surface area contributed by atoms with Crippen molar-refractivity contribution in [3.63, 3.8) is 0 Å². The number of carbonyl (C=O) groups excluding carboxylic acids is 1. The summed E-state index contributed by atoms with van der Waals surface area (Å²) in [6, 6.07) is 15.7. The third kappa shape index (κ3) is 5.88. The van der Waals surface area contributed by atoms with Crippen molar-refractivity contribution in [1.29, 1.82) is 0 Å². The van der Waals surface area contributed by atoms with Gasteiger partial charge in [0.15, 0.2) is 0 Å². The summed E-state index contributed by atoms with van der Waals surface area (Å²) >= 11 is 0. The lowest BCUT2D eigenvalue weighted by Gasteiger charge is -2.18. The van der Waals surface area contributed by atoms with Crippen molar-refractivity contribution in [3.8, 4) is 11.4 Å². The highest BCUT2D eigenvalue weighted by molar-refractivity contribution is 5.76. The first-order valence-electron chi connectivity index (χ1n) is 10.7. The molecule has 2 N–H and O–H groups in total. The van der Waals surface area contributed by atoms with Crippen molar-refractivity contribution in [1.82, 2.24) is 14.9 Å². The number of hydrogen-bond acceptors (Lipinski definition) is 4. The summed E-state index contributed by atoms with van der Waals surface area (Å²) in [5.74, 6) is -0.564. The van der Waals surface area contributed by atoms with Gasteiger partial charge in [-0.2, -0.15) is 0 Å². The zero-order valence-corrected chi connectivity index (χ0v) is 18.3. The van der Waals surface area contributed by atoms with Crippen LogP contribution in [0.3, 0.4) is 0 Å². The maximum atomic E-state index is 13.8. The third-order valence-corrected chi connectivity index (χ3v) is 5.33. The Bertz CT molecular complexity index is 1130. The van der Waals surface area contributed by atoms with Crippen molar-refractivity contribution in [2.45, 2.75) is 45.7 Å². The smallest absolute Gasteiger partial charge is 0.257 e. The van der Waals surface area contributed by atoms with Crippen LogP contribution in [0.1, 0.15) is 30.2 Å². The number of carbonyl (C=O) groups is 1. The van der Waals surface area contributed by atoms with Crippen LogP contribution in [0.25, 0.3) is 11.4 Å². The summed E-state index contributed by atoms with van der Waals surface area (Å²) in [5.41, 5.74) is 1.99. The van der Waals surface area contributed by atoms with Gasteiger partial charge in [0.25, 0.3) is 5.56 Å². The molecule has 0 unspecified atom stereocenters. The molecule has 1 aromatic heterocycles. The number of hydrogen-bond donors (Lipinski definition) is 2. The van der Waals surface area contributed by atoms with E-state index in [9.17, 15) is 19.1 Å². The third-order valence-electron chi connectivity index (χ3n) is 5.33. The van der Waals surface area contributed by atoms with E-state index in [0.717, 1.165) is 12.8 Å². The van der Waals surface area contributed by atoms with E-state index in [1.165, 1.54) is 28.3 Å². The molecule has 32 heavy (non-hydrogen) atoms. The minimum atomic E-state index is -0.459. The molecule has 3 rings (SSSR count). The zero-order valence-electron chi connectivity index (χ0n) is 18.3. The van der Waals surface area contributed by atoms with Gasteiger partial charge in [0.1, 0.15) is 18.2 Å². The molecule has 7 heteroatoms. The molecular formula is C25H28FN3O3. The molecule has 1 heterocycles. The van der Waals surface area contributed by atoms with Gasteiger partial charge in [0.05, 0.1) is 0 Å². The van der Waals surface area contributed by atoms with E-state index in [1.54, 1.807) is 13.0 Å². The van der Waals surface area contributed by atoms with E-state index in [2.05, 4.69) is 10.3 Å². The molecule has 0 fully saturated rings. The van der Waals surface area contributed by atoms with Crippen LogP contribution in [0, 0.1) is 12.7 Å². The van der Waals surface area contributed by atoms with Gasteiger partial charge < -0.3 is 10.4 Å². The highest BCUT2D eigenvalue weighted by Crippen LogP contribution is 2.19. The number of benzene rings is 2. The van der Waals surface area contributed by atoms with Crippen molar-refractivity contribution < 1.29 is 14.3 Å². The number of rotatable bonds is 9. The van der Waals surface area contributed by atoms with Gasteiger partial charge in [-0.1, -0.05) is 42.5 Å². The Balaban J connectivity index is 1.82. The van der Waals surface area contributed by atoms with Crippen LogP contribution in [0.5, 0.6) is 0 Å². The molecule has 2 aromatic carbocycles. The van der Waals surface area contributed by atoms with Crippen molar-refractivity contribution >= 4 is 5.91 Å². The molecule has 0 saturated carbocycles. The van der Waals surface area contributed by atoms with Gasteiger partial charge in [-0.3, -0.25) is 14.2 Å². The molecule has 1 atom stereocenters. The number of nitrogens with zero attached hydrogens (tertiary/aromatic N) is 2. The molecule has 168 valence electrons. The molecule has 0 radical (unpaired) electrons. The average Bonchev–Trinajstić information content (AvgIpc) is 2.77. The summed E-state index contributed by atoms with van der Waals surface area (Å²) in [7, 11) is 0. The topological polar surface area (TPSA) is 84.2 Å². The summed E-state index contributed by atoms with van der Waals surface area (Å²) in [6.07, 6.45) is 1.71. The Morgan fingerprint density at radius 2 is 1.91 bits per heavy atom. The van der Waals surface area contributed by atoms with E-state index >= 15 is 0 Å². The lowest BCUT2D eigenvalue weighted by Crippen LogP contribution is -2.39. The molecule has 0 aliphatic heterocycles. The van der Waals surface area contributed by atoms with Gasteiger partial charge >= 0.3 is 0 Å². The first-order valence-corrected chi connectivity index (χ1v) is 10.7. The summed E-state index contributed by atoms with van der Waals surface area (Å²) < 4.78 is 15.1. The lowest BCUT2D eigenvalue weighted by atomic mass is 10.1. The predicted molar refractivity (Wildman–Crippen MR) is 122 cm³/mol. The van der Waals surface area contributed by atoms with Crippen LogP contribution in [0.4, 0.5) is 4.39 Å². The first-order chi connectivity index (χ1) is 15.4. The maximum absolute atomic E-state index is 13.8. The number of aliphatic hydroxyl groups excluding tert-OH is 1. The zero-order chi connectivity index (χ0) is 23.1. The summed E-state index contributed by atoms with van der Waals surface area (Å²) in [5, 5.41) is 12.3. The highest BCUT2D eigenvalue weighted by Gasteiger charge is 2.18. The number of halogens is 1. The highest BCUT2D eigenvalue weighted by atomic mass is 19.1. The van der Waals surface area contributed by atoms with Gasteiger partial charge in [0, 0.05) is 35.9 Å². The van der Waals surface area contributed by atoms with Gasteiger partial charge in [0.2, 0.25) is 5.91 Å². The lowest BCUT2D eigenvalue weighted by molar-refractivity contribution is -0.122. The molecule has 0 aliphatic carbocycles. The number of aliphatic hydroxyl groups is 1. The Labute approximate surface area is 186 Å². The summed E-state index contributed by atoms with van der Waals surface area (Å²) in [4.78, 5) is 30.4. The van der Waals surface area contributed by atoms with Crippen molar-refractivity contribution in [2.24, 2.45) is 0 Å². The van der Waals surface area contributed by atoms with Crippen LogP contribution in [0.2, 0.25) is 0 Å². The van der Waals surface area contributed by atoms with Crippen LogP contribution in [-0.4, -0.2) is 33.2 Å². The molecule has 1 amide bonds. The second kappa shape index (κ2) is 10.8. The normalized spacial score (nSPS) is 11.9. The number of nitrogens with one attached hydrogen (secondary N) is 1. The first kappa shape index (κ1) is 23.3. The van der Waals surface area contributed by atoms with Crippen molar-refractivity contribution in [2.75, 3.05) is 6.61 Å². The van der Waals surface area contributed by atoms with Crippen LogP contribution < -0.4 is 10.9 Å². The molecule has 0 aliphatic rings. The van der Waals surface area contributed by atoms with E-state index in [-0.39, 0.29) is 37.3 Å². The Morgan fingerprint density at radius 3 is 2.59 bits per heavy atom. The second-order valence-electron chi connectivity index (χ2n) is 7.87. The van der Waals surface area contributed by atoms with Gasteiger partial charge in [-0.15, -0.1) is 0 Å². The van der Waals surface area contributed by atoms with E-state index in [1.807, 2.05) is 37.3 Å². The molecular weight excluding hydrogens is 409 g/mol. The Hall–Kier alpha value is -3.32. The largest absolute Gasteiger partial charge is 0.396 e. The predicted octanol–water partition coefficient (Wildman–Crippen LogP) is 3.03. The van der Waals surface area contributed by atoms with Gasteiger partial charge in [-0.05, 0) is 44.4 Å². The minimum absolute atomic E-state index is 0.0913. The number of amides is 1. The van der Waals surface area contributed by atoms with Gasteiger partial charge in [-0.25, -0.2) is 9.37 Å². The van der Waals surface area contributed by atoms with Crippen LogP contribution in [0.15, 0.2) is 59.4 Å². The Morgan fingerprint density at radius 1 is 1.16 bits per heavy atom. The quantitative estimate of drug-likeness (QED) is 0.539. The van der Waals surface area contributed by atoms with Crippen molar-refractivity contribution in [3.05, 3.63) is 87.6 Å². The maximum Gasteiger partial charge on any atom is 0.257 e. The fraction of sp³-hybridized carbons (Fsp3) is 0.320. The fourth-order valence-corrected chi connectivity index (χ4v) is 3.66. The Kier molecular flexibility index (Phi) is 7.89. The molecule has 0 saturated heterocycles. The van der Waals surface area contributed by atoms with E-state index < -0.39 is 11.4 Å². The number of aromatic nitrogens is 2. The average molecular weight is 438 g/mol. The SMILES string of the molecule is Cc1nc(-c2cccc(F)c2)n(CC(=O)N[C@@H](C)CCc2ccccc2)c(=O)c1CCO. The molecule has 6 nitrogen and oxygen atoms in total. The molecule has 3 aromatic rings. The van der Waals surface area contributed by atoms with Crippen LogP contribution in [-0.2, 0) is 24.2 Å². The van der Waals surface area contributed by atoms with Crippen LogP contribution >= 0.6 is 0 Å². The monoisotopic (exact) mass is 437 g/mol. The van der Waals surface area contributed by atoms with E-state index in [4.69, 9.17) is 0 Å². The second-order valence-corrected chi connectivity index (χ2v) is 7.87. The standard InChI is InChI=1S/C25H28FN3O3/c1-17(11-12-19-7-4-3-5-8-19)27-23(31)16-29-24(20-9-6-10-21(26)15-20)28-18(2)22(13-14-30)25(29)32/h3-10,15,17,30H,11-14,16H2,1-2H3,(H,27,31)/t17-/m0/s1. The van der Waals surface area contributed by atoms with E-state index in [0.29, 0.717) is 16.8 Å².